The molecular formula is C14H16N6O. The Hall–Kier alpha value is -2.70. The molecule has 2 heterocycles. The molecule has 2 aromatic heterocycles. The van der Waals surface area contributed by atoms with Gasteiger partial charge in [-0.1, -0.05) is 18.2 Å². The Morgan fingerprint density at radius 1 is 1.19 bits per heavy atom. The molecule has 0 saturated carbocycles. The summed E-state index contributed by atoms with van der Waals surface area (Å²) in [7, 11) is 3.68. The van der Waals surface area contributed by atoms with Crippen LogP contribution in [0.15, 0.2) is 36.4 Å². The van der Waals surface area contributed by atoms with E-state index in [2.05, 4.69) is 31.6 Å². The average Bonchev–Trinajstić information content (AvgIpc) is 3.00. The summed E-state index contributed by atoms with van der Waals surface area (Å²) < 4.78 is 6.79. The molecule has 0 amide bonds. The van der Waals surface area contributed by atoms with Crippen molar-refractivity contribution in [2.45, 2.75) is 6.42 Å². The van der Waals surface area contributed by atoms with E-state index in [4.69, 9.17) is 4.74 Å². The lowest BCUT2D eigenvalue weighted by molar-refractivity contribution is 0.409. The smallest absolute Gasteiger partial charge is 0.200 e. The topological polar surface area (TPSA) is 68.4 Å². The molecule has 0 spiro atoms. The minimum absolute atomic E-state index is 0.636. The largest absolute Gasteiger partial charge is 0.496 e. The molecule has 0 saturated heterocycles. The maximum atomic E-state index is 5.37. The van der Waals surface area contributed by atoms with Gasteiger partial charge < -0.3 is 9.64 Å². The van der Waals surface area contributed by atoms with Crippen LogP contribution in [-0.2, 0) is 6.42 Å². The molecule has 3 aromatic rings. The normalized spacial score (nSPS) is 10.8. The molecule has 0 aliphatic rings. The van der Waals surface area contributed by atoms with Crippen LogP contribution in [0.1, 0.15) is 5.56 Å². The average molecular weight is 284 g/mol. The fourth-order valence-corrected chi connectivity index (χ4v) is 2.16. The fraction of sp³-hybridized carbons (Fsp3) is 0.286. The number of anilines is 1. The third-order valence-electron chi connectivity index (χ3n) is 3.36. The van der Waals surface area contributed by atoms with Gasteiger partial charge in [-0.3, -0.25) is 0 Å². The molecule has 7 nitrogen and oxygen atoms in total. The SMILES string of the molecule is COc1ccccc1CCN(C)c1ccc2nnnn2n1. The molecule has 108 valence electrons. The molecule has 0 aliphatic heterocycles. The maximum Gasteiger partial charge on any atom is 0.200 e. The Balaban J connectivity index is 1.72. The van der Waals surface area contributed by atoms with Crippen LogP contribution in [0.3, 0.4) is 0 Å². The number of likely N-dealkylation sites (N-methyl/N-ethyl adjacent to an activating group) is 1. The molecule has 3 rings (SSSR count). The van der Waals surface area contributed by atoms with E-state index in [-0.39, 0.29) is 0 Å². The summed E-state index contributed by atoms with van der Waals surface area (Å²) in [6.45, 7) is 0.820. The van der Waals surface area contributed by atoms with Crippen molar-refractivity contribution < 1.29 is 4.74 Å². The highest BCUT2D eigenvalue weighted by atomic mass is 16.5. The van der Waals surface area contributed by atoms with Crippen molar-refractivity contribution in [1.82, 2.24) is 25.3 Å². The van der Waals surface area contributed by atoms with Crippen molar-refractivity contribution in [3.63, 3.8) is 0 Å². The van der Waals surface area contributed by atoms with Crippen molar-refractivity contribution in [3.8, 4) is 5.75 Å². The molecule has 0 fully saturated rings. The molecule has 21 heavy (non-hydrogen) atoms. The zero-order chi connectivity index (χ0) is 14.7. The quantitative estimate of drug-likeness (QED) is 0.701. The highest BCUT2D eigenvalue weighted by Crippen LogP contribution is 2.18. The van der Waals surface area contributed by atoms with E-state index in [9.17, 15) is 0 Å². The number of para-hydroxylation sites is 1. The Bertz CT molecular complexity index is 741. The number of aromatic nitrogens is 5. The third-order valence-corrected chi connectivity index (χ3v) is 3.36. The summed E-state index contributed by atoms with van der Waals surface area (Å²) in [6, 6.07) is 11.8. The van der Waals surface area contributed by atoms with Gasteiger partial charge in [-0.15, -0.1) is 14.8 Å². The Morgan fingerprint density at radius 3 is 2.90 bits per heavy atom. The van der Waals surface area contributed by atoms with Crippen LogP contribution in [0.2, 0.25) is 0 Å². The van der Waals surface area contributed by atoms with E-state index in [0.29, 0.717) is 5.65 Å². The van der Waals surface area contributed by atoms with Crippen molar-refractivity contribution in [1.29, 1.82) is 0 Å². The van der Waals surface area contributed by atoms with Gasteiger partial charge in [-0.05, 0) is 40.6 Å². The Kier molecular flexibility index (Phi) is 3.63. The molecule has 0 bridgehead atoms. The lowest BCUT2D eigenvalue weighted by Crippen LogP contribution is -2.22. The number of tetrazole rings is 1. The molecule has 1 aromatic carbocycles. The maximum absolute atomic E-state index is 5.37. The van der Waals surface area contributed by atoms with Gasteiger partial charge in [-0.25, -0.2) is 0 Å². The van der Waals surface area contributed by atoms with Gasteiger partial charge >= 0.3 is 0 Å². The fourth-order valence-electron chi connectivity index (χ4n) is 2.16. The number of hydrogen-bond acceptors (Lipinski definition) is 6. The van der Waals surface area contributed by atoms with Gasteiger partial charge in [-0.2, -0.15) is 0 Å². The minimum Gasteiger partial charge on any atom is -0.496 e. The number of fused-ring (bicyclic) bond motifs is 1. The first-order valence-corrected chi connectivity index (χ1v) is 6.66. The van der Waals surface area contributed by atoms with Crippen LogP contribution in [0.5, 0.6) is 5.75 Å². The second kappa shape index (κ2) is 5.74. The first-order valence-electron chi connectivity index (χ1n) is 6.66. The minimum atomic E-state index is 0.636. The molecule has 7 heteroatoms. The number of ether oxygens (including phenoxy) is 1. The Labute approximate surface area is 122 Å². The predicted octanol–water partition coefficient (Wildman–Crippen LogP) is 1.21. The highest BCUT2D eigenvalue weighted by Gasteiger charge is 2.08. The van der Waals surface area contributed by atoms with Crippen molar-refractivity contribution >= 4 is 11.5 Å². The van der Waals surface area contributed by atoms with Gasteiger partial charge in [0.25, 0.3) is 0 Å². The first-order chi connectivity index (χ1) is 10.3. The zero-order valence-corrected chi connectivity index (χ0v) is 12.0. The summed E-state index contributed by atoms with van der Waals surface area (Å²) >= 11 is 0. The number of benzene rings is 1. The van der Waals surface area contributed by atoms with Gasteiger partial charge in [0.05, 0.1) is 7.11 Å². The summed E-state index contributed by atoms with van der Waals surface area (Å²) in [6.07, 6.45) is 0.871. The number of rotatable bonds is 5. The molecule has 0 radical (unpaired) electrons. The van der Waals surface area contributed by atoms with Gasteiger partial charge in [0, 0.05) is 13.6 Å². The van der Waals surface area contributed by atoms with Crippen LogP contribution in [0, 0.1) is 0 Å². The second-order valence-corrected chi connectivity index (χ2v) is 4.70. The van der Waals surface area contributed by atoms with Crippen LogP contribution >= 0.6 is 0 Å². The van der Waals surface area contributed by atoms with Crippen molar-refractivity contribution in [2.75, 3.05) is 25.6 Å². The van der Waals surface area contributed by atoms with Crippen LogP contribution < -0.4 is 9.64 Å². The summed E-state index contributed by atoms with van der Waals surface area (Å²) in [4.78, 5) is 2.06. The van der Waals surface area contributed by atoms with Crippen LogP contribution in [-0.4, -0.2) is 46.0 Å². The lowest BCUT2D eigenvalue weighted by Gasteiger charge is -2.18. The molecule has 0 aliphatic carbocycles. The van der Waals surface area contributed by atoms with E-state index in [0.717, 1.165) is 24.5 Å². The van der Waals surface area contributed by atoms with E-state index in [1.807, 2.05) is 37.4 Å². The van der Waals surface area contributed by atoms with Crippen LogP contribution in [0.25, 0.3) is 5.65 Å². The van der Waals surface area contributed by atoms with E-state index < -0.39 is 0 Å². The number of methoxy groups -OCH3 is 1. The monoisotopic (exact) mass is 284 g/mol. The van der Waals surface area contributed by atoms with Crippen LogP contribution in [0.4, 0.5) is 5.82 Å². The highest BCUT2D eigenvalue weighted by molar-refractivity contribution is 5.44. The van der Waals surface area contributed by atoms with Crippen molar-refractivity contribution in [3.05, 3.63) is 42.0 Å². The Morgan fingerprint density at radius 2 is 2.05 bits per heavy atom. The summed E-state index contributed by atoms with van der Waals surface area (Å²) in [5.74, 6) is 1.74. The molecular weight excluding hydrogens is 268 g/mol. The molecule has 0 N–H and O–H groups in total. The molecule has 0 unspecified atom stereocenters. The summed E-state index contributed by atoms with van der Waals surface area (Å²) in [5.41, 5.74) is 1.81. The van der Waals surface area contributed by atoms with E-state index in [1.165, 1.54) is 10.2 Å². The van der Waals surface area contributed by atoms with Gasteiger partial charge in [0.1, 0.15) is 5.75 Å². The van der Waals surface area contributed by atoms with Crippen molar-refractivity contribution in [2.24, 2.45) is 0 Å². The number of hydrogen-bond donors (Lipinski definition) is 0. The lowest BCUT2D eigenvalue weighted by atomic mass is 10.1. The van der Waals surface area contributed by atoms with E-state index in [1.54, 1.807) is 7.11 Å². The zero-order valence-electron chi connectivity index (χ0n) is 12.0. The first kappa shape index (κ1) is 13.3. The molecule has 0 atom stereocenters. The standard InChI is InChI=1S/C14H16N6O/c1-19(10-9-11-5-3-4-6-12(11)21-2)14-8-7-13-15-17-18-20(13)16-14/h3-8H,9-10H2,1-2H3. The third kappa shape index (κ3) is 2.76. The predicted molar refractivity (Wildman–Crippen MR) is 78.5 cm³/mol. The summed E-state index contributed by atoms with van der Waals surface area (Å²) in [5, 5.41) is 15.6. The van der Waals surface area contributed by atoms with Gasteiger partial charge in [0.2, 0.25) is 0 Å². The van der Waals surface area contributed by atoms with E-state index >= 15 is 0 Å². The number of nitrogens with zero attached hydrogens (tertiary/aromatic N) is 6. The second-order valence-electron chi connectivity index (χ2n) is 4.70. The van der Waals surface area contributed by atoms with Gasteiger partial charge in [0.15, 0.2) is 11.5 Å².